The Morgan fingerprint density at radius 2 is 1.91 bits per heavy atom. The predicted molar refractivity (Wildman–Crippen MR) is 131 cm³/mol. The average Bonchev–Trinajstić information content (AvgIpc) is 3.04. The molecule has 0 radical (unpaired) electrons. The molecule has 0 spiro atoms. The van der Waals surface area contributed by atoms with Gasteiger partial charge in [0.1, 0.15) is 18.5 Å². The van der Waals surface area contributed by atoms with Crippen LogP contribution in [0, 0.1) is 5.41 Å². The van der Waals surface area contributed by atoms with Crippen molar-refractivity contribution in [2.75, 3.05) is 6.61 Å². The third kappa shape index (κ3) is 4.05. The number of fused-ring (bicyclic) bond motifs is 2. The fraction of sp³-hybridized carbons (Fsp3) is 0.444. The maximum atomic E-state index is 13.3. The van der Waals surface area contributed by atoms with Gasteiger partial charge in [0.2, 0.25) is 5.91 Å². The first-order valence-corrected chi connectivity index (χ1v) is 12.0. The van der Waals surface area contributed by atoms with E-state index in [0.717, 1.165) is 16.7 Å². The molecule has 0 aromatic heterocycles. The summed E-state index contributed by atoms with van der Waals surface area (Å²) in [4.78, 5) is 28.0. The van der Waals surface area contributed by atoms with E-state index in [1.54, 1.807) is 11.0 Å². The Labute approximate surface area is 205 Å². The van der Waals surface area contributed by atoms with Crippen molar-refractivity contribution in [3.05, 3.63) is 64.7 Å². The number of nitrogens with one attached hydrogen (secondary N) is 3. The normalized spacial score (nSPS) is 26.3. The van der Waals surface area contributed by atoms with Gasteiger partial charge in [0, 0.05) is 23.1 Å². The van der Waals surface area contributed by atoms with Gasteiger partial charge in [0.05, 0.1) is 12.1 Å². The Kier molecular flexibility index (Phi) is 5.40. The summed E-state index contributed by atoms with van der Waals surface area (Å²) in [6.45, 7) is 8.17. The lowest BCUT2D eigenvalue weighted by Crippen LogP contribution is -2.60. The highest BCUT2D eigenvalue weighted by molar-refractivity contribution is 6.00. The third-order valence-corrected chi connectivity index (χ3v) is 7.31. The standard InChI is InChI=1S/C27H32N4O4/c1-26(2)12-19(31-22(33)13-27(3,4)30-25(31)28)17-11-15(9-10-18(17)26)24(34)29-23-16-7-5-6-8-21(16)35-14-20(23)32/h5-11,19-20,23,32H,12-14H2,1-4H3,(H2,28,30)(H,29,34)/t19?,20-,23-/m1/s1. The number of carbonyl (C=O) groups excluding carboxylic acids is 2. The molecule has 1 unspecified atom stereocenters. The number of aliphatic hydroxyl groups is 1. The van der Waals surface area contributed by atoms with E-state index < -0.39 is 17.7 Å². The largest absolute Gasteiger partial charge is 0.490 e. The number of benzene rings is 2. The minimum absolute atomic E-state index is 0.0933. The van der Waals surface area contributed by atoms with E-state index in [9.17, 15) is 14.7 Å². The number of carbonyl (C=O) groups is 2. The Hall–Kier alpha value is -3.39. The van der Waals surface area contributed by atoms with E-state index in [1.165, 1.54) is 0 Å². The first kappa shape index (κ1) is 23.4. The second-order valence-electron chi connectivity index (χ2n) is 11.1. The second-order valence-corrected chi connectivity index (χ2v) is 11.1. The van der Waals surface area contributed by atoms with Crippen LogP contribution in [0.2, 0.25) is 0 Å². The second kappa shape index (κ2) is 8.09. The van der Waals surface area contributed by atoms with Gasteiger partial charge in [0.15, 0.2) is 5.96 Å². The Bertz CT molecular complexity index is 1200. The van der Waals surface area contributed by atoms with Crippen molar-refractivity contribution in [2.24, 2.45) is 0 Å². The molecule has 184 valence electrons. The monoisotopic (exact) mass is 476 g/mol. The number of para-hydroxylation sites is 1. The van der Waals surface area contributed by atoms with Crippen molar-refractivity contribution in [1.82, 2.24) is 15.5 Å². The topological polar surface area (TPSA) is 115 Å². The lowest BCUT2D eigenvalue weighted by molar-refractivity contribution is -0.132. The molecule has 2 aromatic rings. The van der Waals surface area contributed by atoms with Gasteiger partial charge >= 0.3 is 0 Å². The number of hydrogen-bond donors (Lipinski definition) is 4. The third-order valence-electron chi connectivity index (χ3n) is 7.31. The van der Waals surface area contributed by atoms with Crippen molar-refractivity contribution >= 4 is 17.8 Å². The van der Waals surface area contributed by atoms with E-state index in [0.29, 0.717) is 24.2 Å². The molecule has 2 amide bonds. The summed E-state index contributed by atoms with van der Waals surface area (Å²) >= 11 is 0. The van der Waals surface area contributed by atoms with Crippen LogP contribution >= 0.6 is 0 Å². The predicted octanol–water partition coefficient (Wildman–Crippen LogP) is 3.17. The smallest absolute Gasteiger partial charge is 0.251 e. The van der Waals surface area contributed by atoms with E-state index in [1.807, 2.05) is 50.2 Å². The molecule has 0 saturated carbocycles. The van der Waals surface area contributed by atoms with E-state index in [2.05, 4.69) is 24.5 Å². The minimum atomic E-state index is -0.865. The fourth-order valence-corrected chi connectivity index (χ4v) is 5.62. The number of aliphatic hydroxyl groups excluding tert-OH is 1. The summed E-state index contributed by atoms with van der Waals surface area (Å²) < 4.78 is 5.59. The van der Waals surface area contributed by atoms with Crippen molar-refractivity contribution < 1.29 is 19.4 Å². The van der Waals surface area contributed by atoms with Gasteiger partial charge in [-0.15, -0.1) is 0 Å². The molecule has 8 heteroatoms. The lowest BCUT2D eigenvalue weighted by atomic mass is 9.86. The van der Waals surface area contributed by atoms with Crippen LogP contribution in [0.4, 0.5) is 0 Å². The van der Waals surface area contributed by atoms with Gasteiger partial charge in [-0.1, -0.05) is 38.1 Å². The molecule has 2 aromatic carbocycles. The van der Waals surface area contributed by atoms with Crippen LogP contribution < -0.4 is 15.4 Å². The number of amides is 2. The molecular weight excluding hydrogens is 444 g/mol. The first-order valence-electron chi connectivity index (χ1n) is 12.0. The number of guanidine groups is 1. The fourth-order valence-electron chi connectivity index (χ4n) is 5.62. The molecule has 2 heterocycles. The zero-order valence-electron chi connectivity index (χ0n) is 20.5. The number of ether oxygens (including phenoxy) is 1. The van der Waals surface area contributed by atoms with Crippen molar-refractivity contribution in [3.63, 3.8) is 0 Å². The highest BCUT2D eigenvalue weighted by Crippen LogP contribution is 2.48. The molecule has 3 atom stereocenters. The molecule has 1 saturated heterocycles. The van der Waals surface area contributed by atoms with Gasteiger partial charge in [-0.25, -0.2) is 0 Å². The van der Waals surface area contributed by atoms with Crippen LogP contribution in [-0.2, 0) is 10.2 Å². The molecule has 1 aliphatic carbocycles. The highest BCUT2D eigenvalue weighted by Gasteiger charge is 2.46. The van der Waals surface area contributed by atoms with Crippen LogP contribution in [0.25, 0.3) is 0 Å². The van der Waals surface area contributed by atoms with E-state index >= 15 is 0 Å². The lowest BCUT2D eigenvalue weighted by Gasteiger charge is -2.41. The summed E-state index contributed by atoms with van der Waals surface area (Å²) in [5.41, 5.74) is 2.46. The Balaban J connectivity index is 1.45. The minimum Gasteiger partial charge on any atom is -0.490 e. The first-order chi connectivity index (χ1) is 16.5. The Morgan fingerprint density at radius 1 is 1.17 bits per heavy atom. The van der Waals surface area contributed by atoms with E-state index in [4.69, 9.17) is 10.1 Å². The maximum Gasteiger partial charge on any atom is 0.251 e. The molecule has 4 N–H and O–H groups in total. The average molecular weight is 477 g/mol. The number of hydrogen-bond acceptors (Lipinski definition) is 5. The van der Waals surface area contributed by atoms with Crippen molar-refractivity contribution in [3.8, 4) is 5.75 Å². The summed E-state index contributed by atoms with van der Waals surface area (Å²) in [5.74, 6) is 0.341. The molecule has 8 nitrogen and oxygen atoms in total. The van der Waals surface area contributed by atoms with Gasteiger partial charge in [0.25, 0.3) is 5.91 Å². The zero-order chi connectivity index (χ0) is 25.1. The van der Waals surface area contributed by atoms with Crippen molar-refractivity contribution in [2.45, 2.75) is 69.7 Å². The van der Waals surface area contributed by atoms with Gasteiger partial charge < -0.3 is 20.5 Å². The SMILES string of the molecule is CC1(C)CC(=O)N(C2CC(C)(C)c3ccc(C(=O)N[C@@H]4c5ccccc5OC[C@H]4O)cc32)C(=N)N1. The van der Waals surface area contributed by atoms with Gasteiger partial charge in [-0.3, -0.25) is 19.9 Å². The number of nitrogens with zero attached hydrogens (tertiary/aromatic N) is 1. The van der Waals surface area contributed by atoms with Crippen LogP contribution in [0.1, 0.15) is 79.7 Å². The van der Waals surface area contributed by atoms with Crippen molar-refractivity contribution in [1.29, 1.82) is 5.41 Å². The molecule has 1 fully saturated rings. The molecule has 0 bridgehead atoms. The summed E-state index contributed by atoms with van der Waals surface area (Å²) in [7, 11) is 0. The van der Waals surface area contributed by atoms with Gasteiger partial charge in [-0.05, 0) is 55.0 Å². The Morgan fingerprint density at radius 3 is 2.66 bits per heavy atom. The van der Waals surface area contributed by atoms with Crippen LogP contribution in [-0.4, -0.2) is 46.0 Å². The zero-order valence-corrected chi connectivity index (χ0v) is 20.5. The quantitative estimate of drug-likeness (QED) is 0.543. The maximum absolute atomic E-state index is 13.3. The van der Waals surface area contributed by atoms with E-state index in [-0.39, 0.29) is 35.8 Å². The van der Waals surface area contributed by atoms with Crippen LogP contribution in [0.3, 0.4) is 0 Å². The van der Waals surface area contributed by atoms with Crippen LogP contribution in [0.15, 0.2) is 42.5 Å². The highest BCUT2D eigenvalue weighted by atomic mass is 16.5. The summed E-state index contributed by atoms with van der Waals surface area (Å²) in [6.07, 6.45) is 0.0919. The van der Waals surface area contributed by atoms with Crippen LogP contribution in [0.5, 0.6) is 5.75 Å². The molecule has 5 rings (SSSR count). The molecule has 35 heavy (non-hydrogen) atoms. The summed E-state index contributed by atoms with van der Waals surface area (Å²) in [5, 5.41) is 25.2. The van der Waals surface area contributed by atoms with Gasteiger partial charge in [-0.2, -0.15) is 0 Å². The number of rotatable bonds is 3. The molecule has 2 aliphatic heterocycles. The molecule has 3 aliphatic rings. The summed E-state index contributed by atoms with van der Waals surface area (Å²) in [6, 6.07) is 12.0. The molecular formula is C27H32N4O4.